The van der Waals surface area contributed by atoms with E-state index in [2.05, 4.69) is 16.4 Å². The van der Waals surface area contributed by atoms with Gasteiger partial charge in [0, 0.05) is 33.1 Å². The topological polar surface area (TPSA) is 60.5 Å². The Hall–Kier alpha value is -1.50. The highest BCUT2D eigenvalue weighted by Gasteiger charge is 2.06. The molecule has 1 amide bonds. The van der Waals surface area contributed by atoms with E-state index >= 15 is 0 Å². The van der Waals surface area contributed by atoms with E-state index in [0.717, 1.165) is 16.9 Å². The number of ether oxygens (including phenoxy) is 2. The summed E-state index contributed by atoms with van der Waals surface area (Å²) in [5, 5.41) is 3.92. The zero-order chi connectivity index (χ0) is 15.6. The van der Waals surface area contributed by atoms with E-state index in [1.54, 1.807) is 18.4 Å². The number of benzene rings is 1. The number of aromatic nitrogens is 1. The maximum atomic E-state index is 11.8. The summed E-state index contributed by atoms with van der Waals surface area (Å²) >= 11 is 1.66. The lowest BCUT2D eigenvalue weighted by Gasteiger charge is -2.05. The molecule has 2 aromatic rings. The van der Waals surface area contributed by atoms with Crippen molar-refractivity contribution < 1.29 is 14.3 Å². The number of hydrogen-bond acceptors (Lipinski definition) is 5. The lowest BCUT2D eigenvalue weighted by molar-refractivity contribution is -0.121. The molecule has 0 unspecified atom stereocenters. The molecule has 0 atom stereocenters. The molecule has 0 aliphatic rings. The highest BCUT2D eigenvalue weighted by molar-refractivity contribution is 7.18. The van der Waals surface area contributed by atoms with Crippen molar-refractivity contribution in [2.75, 3.05) is 33.5 Å². The van der Waals surface area contributed by atoms with E-state index in [1.807, 2.05) is 18.2 Å². The molecule has 0 saturated heterocycles. The van der Waals surface area contributed by atoms with Crippen molar-refractivity contribution in [3.63, 3.8) is 0 Å². The predicted octanol–water partition coefficient (Wildman–Crippen LogP) is 2.40. The van der Waals surface area contributed by atoms with Crippen LogP contribution >= 0.6 is 11.3 Å². The van der Waals surface area contributed by atoms with Crippen LogP contribution in [0.2, 0.25) is 0 Å². The van der Waals surface area contributed by atoms with Gasteiger partial charge in [0.25, 0.3) is 0 Å². The van der Waals surface area contributed by atoms with Crippen LogP contribution in [0.5, 0.6) is 0 Å². The number of amides is 1. The van der Waals surface area contributed by atoms with Gasteiger partial charge in [-0.2, -0.15) is 0 Å². The van der Waals surface area contributed by atoms with Gasteiger partial charge < -0.3 is 14.8 Å². The van der Waals surface area contributed by atoms with Crippen molar-refractivity contribution in [3.05, 3.63) is 29.3 Å². The van der Waals surface area contributed by atoms with Crippen LogP contribution in [0, 0.1) is 0 Å². The van der Waals surface area contributed by atoms with E-state index in [4.69, 9.17) is 9.47 Å². The molecular weight excluding hydrogens is 300 g/mol. The fourth-order valence-corrected chi connectivity index (χ4v) is 2.95. The minimum absolute atomic E-state index is 0.0659. The summed E-state index contributed by atoms with van der Waals surface area (Å²) in [5.41, 5.74) is 1.01. The van der Waals surface area contributed by atoms with Gasteiger partial charge in [-0.3, -0.25) is 4.79 Å². The van der Waals surface area contributed by atoms with Crippen LogP contribution in [0.1, 0.15) is 17.8 Å². The first-order valence-electron chi connectivity index (χ1n) is 7.47. The summed E-state index contributed by atoms with van der Waals surface area (Å²) in [6, 6.07) is 8.04. The Morgan fingerprint density at radius 3 is 2.95 bits per heavy atom. The number of fused-ring (bicyclic) bond motifs is 1. The first-order valence-corrected chi connectivity index (χ1v) is 8.29. The van der Waals surface area contributed by atoms with E-state index in [1.165, 1.54) is 4.70 Å². The number of nitrogens with zero attached hydrogens (tertiary/aromatic N) is 1. The fourth-order valence-electron chi connectivity index (χ4n) is 1.98. The van der Waals surface area contributed by atoms with Crippen molar-refractivity contribution in [2.24, 2.45) is 0 Å². The fraction of sp³-hybridized carbons (Fsp3) is 0.500. The van der Waals surface area contributed by atoms with Gasteiger partial charge in [0.05, 0.1) is 28.4 Å². The average molecular weight is 322 g/mol. The van der Waals surface area contributed by atoms with Crippen molar-refractivity contribution in [1.82, 2.24) is 10.3 Å². The molecule has 0 aliphatic carbocycles. The van der Waals surface area contributed by atoms with E-state index < -0.39 is 0 Å². The van der Waals surface area contributed by atoms with Crippen LogP contribution in [0.3, 0.4) is 0 Å². The number of para-hydroxylation sites is 1. The Kier molecular flexibility index (Phi) is 7.28. The molecule has 0 saturated carbocycles. The molecule has 0 radical (unpaired) electrons. The van der Waals surface area contributed by atoms with E-state index in [9.17, 15) is 4.79 Å². The molecule has 6 heteroatoms. The summed E-state index contributed by atoms with van der Waals surface area (Å²) in [6.45, 7) is 2.49. The van der Waals surface area contributed by atoms with Crippen molar-refractivity contribution in [2.45, 2.75) is 19.3 Å². The SMILES string of the molecule is COCCOCCCNC(=O)CCc1nc2ccccc2s1. The van der Waals surface area contributed by atoms with Gasteiger partial charge >= 0.3 is 0 Å². The monoisotopic (exact) mass is 322 g/mol. The highest BCUT2D eigenvalue weighted by Crippen LogP contribution is 2.22. The van der Waals surface area contributed by atoms with Crippen LogP contribution < -0.4 is 5.32 Å². The smallest absolute Gasteiger partial charge is 0.220 e. The Morgan fingerprint density at radius 2 is 2.14 bits per heavy atom. The van der Waals surface area contributed by atoms with Crippen LogP contribution in [0.4, 0.5) is 0 Å². The largest absolute Gasteiger partial charge is 0.382 e. The molecule has 5 nitrogen and oxygen atoms in total. The predicted molar refractivity (Wildman–Crippen MR) is 88.3 cm³/mol. The minimum Gasteiger partial charge on any atom is -0.382 e. The standard InChI is InChI=1S/C16H22N2O3S/c1-20-11-12-21-10-4-9-17-15(19)7-8-16-18-13-5-2-3-6-14(13)22-16/h2-3,5-6H,4,7-12H2,1H3,(H,17,19). The van der Waals surface area contributed by atoms with Crippen molar-refractivity contribution in [3.8, 4) is 0 Å². The maximum Gasteiger partial charge on any atom is 0.220 e. The summed E-state index contributed by atoms with van der Waals surface area (Å²) in [4.78, 5) is 16.3. The molecule has 2 rings (SSSR count). The van der Waals surface area contributed by atoms with Gasteiger partial charge in [-0.1, -0.05) is 12.1 Å². The van der Waals surface area contributed by atoms with Gasteiger partial charge in [0.1, 0.15) is 0 Å². The van der Waals surface area contributed by atoms with Gasteiger partial charge in [0.15, 0.2) is 0 Å². The van der Waals surface area contributed by atoms with Crippen LogP contribution in [-0.2, 0) is 20.7 Å². The summed E-state index contributed by atoms with van der Waals surface area (Å²) in [5.74, 6) is 0.0659. The van der Waals surface area contributed by atoms with E-state index in [0.29, 0.717) is 39.2 Å². The molecule has 1 aromatic carbocycles. The zero-order valence-electron chi connectivity index (χ0n) is 12.8. The summed E-state index contributed by atoms with van der Waals surface area (Å²) in [6.07, 6.45) is 1.98. The number of carbonyl (C=O) groups is 1. The zero-order valence-corrected chi connectivity index (χ0v) is 13.7. The van der Waals surface area contributed by atoms with Gasteiger partial charge in [-0.15, -0.1) is 11.3 Å². The first-order chi connectivity index (χ1) is 10.8. The normalized spacial score (nSPS) is 11.0. The number of methoxy groups -OCH3 is 1. The third-order valence-electron chi connectivity index (χ3n) is 3.12. The van der Waals surface area contributed by atoms with Crippen LogP contribution in [-0.4, -0.2) is 44.4 Å². The molecule has 1 heterocycles. The third-order valence-corrected chi connectivity index (χ3v) is 4.22. The minimum atomic E-state index is 0.0659. The molecule has 0 bridgehead atoms. The maximum absolute atomic E-state index is 11.8. The molecule has 1 aromatic heterocycles. The number of hydrogen-bond donors (Lipinski definition) is 1. The average Bonchev–Trinajstić information content (AvgIpc) is 2.95. The highest BCUT2D eigenvalue weighted by atomic mass is 32.1. The molecule has 0 spiro atoms. The molecular formula is C16H22N2O3S. The second-order valence-electron chi connectivity index (χ2n) is 4.88. The Morgan fingerprint density at radius 1 is 1.27 bits per heavy atom. The number of carbonyl (C=O) groups excluding carboxylic acids is 1. The van der Waals surface area contributed by atoms with Gasteiger partial charge in [-0.25, -0.2) is 4.98 Å². The second kappa shape index (κ2) is 9.50. The molecule has 0 fully saturated rings. The van der Waals surface area contributed by atoms with Crippen molar-refractivity contribution >= 4 is 27.5 Å². The molecule has 120 valence electrons. The molecule has 1 N–H and O–H groups in total. The van der Waals surface area contributed by atoms with Gasteiger partial charge in [-0.05, 0) is 18.6 Å². The summed E-state index contributed by atoms with van der Waals surface area (Å²) < 4.78 is 11.4. The Labute approximate surface area is 134 Å². The third kappa shape index (κ3) is 5.71. The lowest BCUT2D eigenvalue weighted by Crippen LogP contribution is -2.25. The van der Waals surface area contributed by atoms with Crippen molar-refractivity contribution in [1.29, 1.82) is 0 Å². The number of rotatable bonds is 10. The lowest BCUT2D eigenvalue weighted by atomic mass is 10.3. The van der Waals surface area contributed by atoms with Crippen LogP contribution in [0.15, 0.2) is 24.3 Å². The Bertz CT molecular complexity index is 553. The van der Waals surface area contributed by atoms with E-state index in [-0.39, 0.29) is 5.91 Å². The number of aryl methyl sites for hydroxylation is 1. The number of nitrogens with one attached hydrogen (secondary N) is 1. The second-order valence-corrected chi connectivity index (χ2v) is 6.00. The summed E-state index contributed by atoms with van der Waals surface area (Å²) in [7, 11) is 1.65. The molecule has 22 heavy (non-hydrogen) atoms. The Balaban J connectivity index is 1.59. The molecule has 0 aliphatic heterocycles. The first kappa shape index (κ1) is 16.9. The quantitative estimate of drug-likeness (QED) is 0.682. The van der Waals surface area contributed by atoms with Crippen LogP contribution in [0.25, 0.3) is 10.2 Å². The number of thiazole rings is 1. The van der Waals surface area contributed by atoms with Gasteiger partial charge in [0.2, 0.25) is 5.91 Å².